The van der Waals surface area contributed by atoms with Crippen LogP contribution in [0.5, 0.6) is 0 Å². The summed E-state index contributed by atoms with van der Waals surface area (Å²) in [5.74, 6) is 0. The molecule has 0 spiro atoms. The summed E-state index contributed by atoms with van der Waals surface area (Å²) in [5.41, 5.74) is 1.20. The van der Waals surface area contributed by atoms with E-state index in [1.807, 2.05) is 0 Å². The molecule has 0 radical (unpaired) electrons. The van der Waals surface area contributed by atoms with Crippen LogP contribution in [0.15, 0.2) is 18.2 Å². The zero-order valence-corrected chi connectivity index (χ0v) is 11.2. The molecule has 1 aliphatic rings. The molecule has 18 heavy (non-hydrogen) atoms. The maximum Gasteiger partial charge on any atom is 0.271 e. The van der Waals surface area contributed by atoms with Crippen LogP contribution in [0.2, 0.25) is 5.02 Å². The van der Waals surface area contributed by atoms with Crippen LogP contribution in [-0.2, 0) is 0 Å². The topological polar surface area (TPSA) is 55.2 Å². The number of non-ortho nitro benzene ring substituents is 1. The predicted molar refractivity (Wildman–Crippen MR) is 73.2 cm³/mol. The van der Waals surface area contributed by atoms with Crippen molar-refractivity contribution in [1.82, 2.24) is 0 Å². The van der Waals surface area contributed by atoms with Gasteiger partial charge in [0.05, 0.1) is 15.6 Å². The van der Waals surface area contributed by atoms with E-state index in [9.17, 15) is 10.1 Å². The minimum atomic E-state index is -0.435. The molecule has 1 N–H and O–H groups in total. The van der Waals surface area contributed by atoms with Gasteiger partial charge in [0.2, 0.25) is 0 Å². The highest BCUT2D eigenvalue weighted by Gasteiger charge is 2.34. The van der Waals surface area contributed by atoms with Gasteiger partial charge in [-0.25, -0.2) is 0 Å². The van der Waals surface area contributed by atoms with Crippen LogP contribution < -0.4 is 5.32 Å². The van der Waals surface area contributed by atoms with Crippen LogP contribution in [-0.4, -0.2) is 11.5 Å². The van der Waals surface area contributed by atoms with Crippen molar-refractivity contribution in [2.75, 3.05) is 11.9 Å². The van der Waals surface area contributed by atoms with Crippen molar-refractivity contribution >= 4 is 23.0 Å². The molecule has 1 fully saturated rings. The zero-order chi connectivity index (χ0) is 13.2. The molecule has 5 heteroatoms. The molecule has 0 atom stereocenters. The lowest BCUT2D eigenvalue weighted by molar-refractivity contribution is -0.384. The molecule has 0 aliphatic heterocycles. The average molecular weight is 269 g/mol. The monoisotopic (exact) mass is 268 g/mol. The number of hydrogen-bond donors (Lipinski definition) is 1. The van der Waals surface area contributed by atoms with E-state index in [0.29, 0.717) is 10.4 Å². The SMILES string of the molecule is CCC1(CNc2ccc([N+](=O)[O-])cc2Cl)CCC1. The molecule has 0 heterocycles. The van der Waals surface area contributed by atoms with Gasteiger partial charge in [-0.3, -0.25) is 10.1 Å². The molecular formula is C13H17ClN2O2. The summed E-state index contributed by atoms with van der Waals surface area (Å²) in [6, 6.07) is 4.55. The lowest BCUT2D eigenvalue weighted by Crippen LogP contribution is -2.35. The highest BCUT2D eigenvalue weighted by Crippen LogP contribution is 2.44. The molecular weight excluding hydrogens is 252 g/mol. The van der Waals surface area contributed by atoms with Crippen molar-refractivity contribution in [1.29, 1.82) is 0 Å². The van der Waals surface area contributed by atoms with E-state index in [1.54, 1.807) is 6.07 Å². The summed E-state index contributed by atoms with van der Waals surface area (Å²) in [5, 5.41) is 14.3. The second kappa shape index (κ2) is 5.14. The van der Waals surface area contributed by atoms with Gasteiger partial charge in [-0.05, 0) is 30.7 Å². The van der Waals surface area contributed by atoms with E-state index in [2.05, 4.69) is 12.2 Å². The largest absolute Gasteiger partial charge is 0.383 e. The first kappa shape index (κ1) is 13.1. The lowest BCUT2D eigenvalue weighted by atomic mass is 9.67. The standard InChI is InChI=1S/C13H17ClN2O2/c1-2-13(6-3-7-13)9-15-12-5-4-10(16(17)18)8-11(12)14/h4-5,8,15H,2-3,6-7,9H2,1H3. The second-order valence-electron chi connectivity index (χ2n) is 4.98. The van der Waals surface area contributed by atoms with Crippen molar-refractivity contribution < 1.29 is 4.92 Å². The second-order valence-corrected chi connectivity index (χ2v) is 5.39. The molecule has 4 nitrogen and oxygen atoms in total. The van der Waals surface area contributed by atoms with Crippen LogP contribution in [0.1, 0.15) is 32.6 Å². The van der Waals surface area contributed by atoms with Gasteiger partial charge >= 0.3 is 0 Å². The van der Waals surface area contributed by atoms with Crippen LogP contribution in [0, 0.1) is 15.5 Å². The zero-order valence-electron chi connectivity index (χ0n) is 10.4. The van der Waals surface area contributed by atoms with E-state index < -0.39 is 4.92 Å². The fraction of sp³-hybridized carbons (Fsp3) is 0.538. The van der Waals surface area contributed by atoms with Crippen LogP contribution >= 0.6 is 11.6 Å². The van der Waals surface area contributed by atoms with E-state index >= 15 is 0 Å². The van der Waals surface area contributed by atoms with Gasteiger partial charge < -0.3 is 5.32 Å². The molecule has 1 aromatic carbocycles. The van der Waals surface area contributed by atoms with Crippen molar-refractivity contribution in [3.8, 4) is 0 Å². The third-order valence-corrected chi connectivity index (χ3v) is 4.29. The van der Waals surface area contributed by atoms with Crippen LogP contribution in [0.3, 0.4) is 0 Å². The molecule has 0 bridgehead atoms. The molecule has 98 valence electrons. The number of nitro benzene ring substituents is 1. The van der Waals surface area contributed by atoms with Gasteiger partial charge in [0.15, 0.2) is 0 Å². The summed E-state index contributed by atoms with van der Waals surface area (Å²) in [7, 11) is 0. The minimum absolute atomic E-state index is 0.0272. The van der Waals surface area contributed by atoms with Gasteiger partial charge in [-0.1, -0.05) is 24.9 Å². The Bertz CT molecular complexity index is 453. The van der Waals surface area contributed by atoms with Gasteiger partial charge in [0, 0.05) is 18.7 Å². The van der Waals surface area contributed by atoms with E-state index in [0.717, 1.165) is 18.7 Å². The number of rotatable bonds is 5. The van der Waals surface area contributed by atoms with Crippen molar-refractivity contribution in [2.24, 2.45) is 5.41 Å². The number of benzene rings is 1. The highest BCUT2D eigenvalue weighted by molar-refractivity contribution is 6.33. The van der Waals surface area contributed by atoms with Gasteiger partial charge in [0.1, 0.15) is 0 Å². The number of nitrogens with one attached hydrogen (secondary N) is 1. The summed E-state index contributed by atoms with van der Waals surface area (Å²) in [4.78, 5) is 10.2. The number of nitrogens with zero attached hydrogens (tertiary/aromatic N) is 1. The Labute approximate surface area is 111 Å². The third kappa shape index (κ3) is 2.58. The first-order valence-electron chi connectivity index (χ1n) is 6.24. The van der Waals surface area contributed by atoms with Gasteiger partial charge in [-0.15, -0.1) is 0 Å². The quantitative estimate of drug-likeness (QED) is 0.642. The van der Waals surface area contributed by atoms with Gasteiger partial charge in [-0.2, -0.15) is 0 Å². The highest BCUT2D eigenvalue weighted by atomic mass is 35.5. The molecule has 1 aromatic rings. The fourth-order valence-corrected chi connectivity index (χ4v) is 2.62. The Kier molecular flexibility index (Phi) is 3.76. The minimum Gasteiger partial charge on any atom is -0.383 e. The van der Waals surface area contributed by atoms with Crippen LogP contribution in [0.4, 0.5) is 11.4 Å². The fourth-order valence-electron chi connectivity index (χ4n) is 2.38. The van der Waals surface area contributed by atoms with Crippen molar-refractivity contribution in [3.63, 3.8) is 0 Å². The molecule has 0 aromatic heterocycles. The molecule has 1 aliphatic carbocycles. The number of halogens is 1. The van der Waals surface area contributed by atoms with Crippen LogP contribution in [0.25, 0.3) is 0 Å². The molecule has 2 rings (SSSR count). The maximum absolute atomic E-state index is 10.6. The molecule has 0 amide bonds. The summed E-state index contributed by atoms with van der Waals surface area (Å²) in [6.45, 7) is 3.10. The Morgan fingerprint density at radius 3 is 2.67 bits per heavy atom. The summed E-state index contributed by atoms with van der Waals surface area (Å²) >= 11 is 6.04. The molecule has 1 saturated carbocycles. The normalized spacial score (nSPS) is 17.0. The Morgan fingerprint density at radius 1 is 1.50 bits per heavy atom. The Hall–Kier alpha value is -1.29. The number of anilines is 1. The molecule has 0 saturated heterocycles. The molecule has 0 unspecified atom stereocenters. The van der Waals surface area contributed by atoms with Gasteiger partial charge in [0.25, 0.3) is 5.69 Å². The number of hydrogen-bond acceptors (Lipinski definition) is 3. The lowest BCUT2D eigenvalue weighted by Gasteiger charge is -2.41. The Morgan fingerprint density at radius 2 is 2.22 bits per heavy atom. The predicted octanol–water partition coefficient (Wildman–Crippen LogP) is 4.24. The van der Waals surface area contributed by atoms with Crippen molar-refractivity contribution in [2.45, 2.75) is 32.6 Å². The van der Waals surface area contributed by atoms with E-state index in [1.165, 1.54) is 31.4 Å². The van der Waals surface area contributed by atoms with Crippen molar-refractivity contribution in [3.05, 3.63) is 33.3 Å². The van der Waals surface area contributed by atoms with E-state index in [4.69, 9.17) is 11.6 Å². The first-order valence-corrected chi connectivity index (χ1v) is 6.62. The summed E-state index contributed by atoms with van der Waals surface area (Å²) in [6.07, 6.45) is 4.95. The maximum atomic E-state index is 10.6. The van der Waals surface area contributed by atoms with E-state index in [-0.39, 0.29) is 5.69 Å². The number of nitro groups is 1. The summed E-state index contributed by atoms with van der Waals surface area (Å²) < 4.78 is 0. The first-order chi connectivity index (χ1) is 8.56. The smallest absolute Gasteiger partial charge is 0.271 e. The Balaban J connectivity index is 2.03. The average Bonchev–Trinajstić information content (AvgIpc) is 2.29. The third-order valence-electron chi connectivity index (χ3n) is 3.98.